The number of carbonyl (C=O) groups is 1. The molecule has 0 bridgehead atoms. The lowest BCUT2D eigenvalue weighted by Gasteiger charge is -2.09. The van der Waals surface area contributed by atoms with Crippen LogP contribution in [0.25, 0.3) is 0 Å². The van der Waals surface area contributed by atoms with Crippen LogP contribution in [0.1, 0.15) is 22.5 Å². The highest BCUT2D eigenvalue weighted by Crippen LogP contribution is 2.19. The first-order valence-corrected chi connectivity index (χ1v) is 4.81. The van der Waals surface area contributed by atoms with Crippen LogP contribution in [0.3, 0.4) is 0 Å². The van der Waals surface area contributed by atoms with Crippen LogP contribution in [0.15, 0.2) is 12.1 Å². The Morgan fingerprint density at radius 3 is 2.59 bits per heavy atom. The molecule has 2 N–H and O–H groups in total. The van der Waals surface area contributed by atoms with Gasteiger partial charge in [0.1, 0.15) is 5.82 Å². The summed E-state index contributed by atoms with van der Waals surface area (Å²) >= 11 is 0. The van der Waals surface area contributed by atoms with E-state index in [9.17, 15) is 18.0 Å². The molecular formula is C10H11F3N2O2. The lowest BCUT2D eigenvalue weighted by Crippen LogP contribution is -2.15. The minimum Gasteiger partial charge on any atom is -0.478 e. The van der Waals surface area contributed by atoms with E-state index < -0.39 is 18.6 Å². The van der Waals surface area contributed by atoms with Gasteiger partial charge < -0.3 is 10.4 Å². The van der Waals surface area contributed by atoms with Crippen molar-refractivity contribution in [2.45, 2.75) is 19.5 Å². The number of halogens is 3. The van der Waals surface area contributed by atoms with Crippen molar-refractivity contribution >= 4 is 11.8 Å². The Kier molecular flexibility index (Phi) is 3.93. The van der Waals surface area contributed by atoms with Gasteiger partial charge in [0.25, 0.3) is 0 Å². The van der Waals surface area contributed by atoms with E-state index in [1.807, 2.05) is 0 Å². The number of hydrogen-bond donors (Lipinski definition) is 2. The average molecular weight is 248 g/mol. The molecule has 0 unspecified atom stereocenters. The van der Waals surface area contributed by atoms with Crippen molar-refractivity contribution in [2.75, 3.05) is 11.9 Å². The molecule has 0 amide bonds. The molecule has 0 aromatic carbocycles. The zero-order chi connectivity index (χ0) is 13.1. The van der Waals surface area contributed by atoms with Crippen molar-refractivity contribution in [2.24, 2.45) is 0 Å². The van der Waals surface area contributed by atoms with E-state index in [2.05, 4.69) is 10.3 Å². The third-order valence-electron chi connectivity index (χ3n) is 2.03. The third-order valence-corrected chi connectivity index (χ3v) is 2.03. The van der Waals surface area contributed by atoms with Crippen LogP contribution in [0.5, 0.6) is 0 Å². The lowest BCUT2D eigenvalue weighted by molar-refractivity contribution is -0.131. The zero-order valence-corrected chi connectivity index (χ0v) is 9.01. The molecule has 0 aliphatic heterocycles. The Balaban J connectivity index is 2.62. The van der Waals surface area contributed by atoms with Gasteiger partial charge in [0.15, 0.2) is 0 Å². The number of nitrogens with zero attached hydrogens (tertiary/aromatic N) is 1. The predicted octanol–water partition coefficient (Wildman–Crippen LogP) is 2.45. The minimum absolute atomic E-state index is 0.0337. The molecule has 0 atom stereocenters. The van der Waals surface area contributed by atoms with Gasteiger partial charge in [-0.3, -0.25) is 0 Å². The molecule has 0 saturated carbocycles. The van der Waals surface area contributed by atoms with E-state index in [1.165, 1.54) is 19.1 Å². The second kappa shape index (κ2) is 5.03. The summed E-state index contributed by atoms with van der Waals surface area (Å²) in [6.07, 6.45) is -5.18. The number of alkyl halides is 3. The summed E-state index contributed by atoms with van der Waals surface area (Å²) in [6.45, 7) is 1.20. The van der Waals surface area contributed by atoms with Crippen LogP contribution in [-0.4, -0.2) is 28.8 Å². The quantitative estimate of drug-likeness (QED) is 0.859. The van der Waals surface area contributed by atoms with Gasteiger partial charge in [-0.25, -0.2) is 9.78 Å². The van der Waals surface area contributed by atoms with Crippen molar-refractivity contribution < 1.29 is 23.1 Å². The van der Waals surface area contributed by atoms with E-state index >= 15 is 0 Å². The Morgan fingerprint density at radius 2 is 2.12 bits per heavy atom. The molecule has 1 rings (SSSR count). The number of aromatic nitrogens is 1. The molecule has 0 fully saturated rings. The molecule has 1 heterocycles. The number of carboxylic acids is 1. The van der Waals surface area contributed by atoms with Gasteiger partial charge in [0.2, 0.25) is 0 Å². The summed E-state index contributed by atoms with van der Waals surface area (Å²) in [5.74, 6) is -0.881. The van der Waals surface area contributed by atoms with E-state index in [1.54, 1.807) is 0 Å². The average Bonchev–Trinajstić information content (AvgIpc) is 2.15. The molecular weight excluding hydrogens is 237 g/mol. The molecule has 4 nitrogen and oxygen atoms in total. The van der Waals surface area contributed by atoms with E-state index in [0.717, 1.165) is 0 Å². The summed E-state index contributed by atoms with van der Waals surface area (Å²) in [5, 5.41) is 11.2. The minimum atomic E-state index is -4.22. The van der Waals surface area contributed by atoms with Crippen LogP contribution in [0.2, 0.25) is 0 Å². The normalized spacial score (nSPS) is 11.3. The second-order valence-electron chi connectivity index (χ2n) is 3.43. The third kappa shape index (κ3) is 4.29. The van der Waals surface area contributed by atoms with Crippen molar-refractivity contribution in [1.29, 1.82) is 0 Å². The van der Waals surface area contributed by atoms with Crippen LogP contribution < -0.4 is 5.32 Å². The van der Waals surface area contributed by atoms with Gasteiger partial charge in [0, 0.05) is 6.54 Å². The fourth-order valence-corrected chi connectivity index (χ4v) is 1.22. The van der Waals surface area contributed by atoms with E-state index in [4.69, 9.17) is 5.11 Å². The summed E-state index contributed by atoms with van der Waals surface area (Å²) in [4.78, 5) is 14.5. The molecule has 0 saturated heterocycles. The smallest absolute Gasteiger partial charge is 0.390 e. The molecule has 0 aliphatic rings. The molecule has 1 aromatic rings. The largest absolute Gasteiger partial charge is 0.478 e. The maximum Gasteiger partial charge on any atom is 0.390 e. The fraction of sp³-hybridized carbons (Fsp3) is 0.400. The van der Waals surface area contributed by atoms with Gasteiger partial charge >= 0.3 is 12.1 Å². The number of nitrogens with one attached hydrogen (secondary N) is 1. The number of rotatable bonds is 4. The SMILES string of the molecule is Cc1nc(NCCC(F)(F)F)ccc1C(=O)O. The molecule has 0 aliphatic carbocycles. The van der Waals surface area contributed by atoms with Crippen LogP contribution in [-0.2, 0) is 0 Å². The lowest BCUT2D eigenvalue weighted by atomic mass is 10.2. The topological polar surface area (TPSA) is 62.2 Å². The van der Waals surface area contributed by atoms with Crippen LogP contribution in [0.4, 0.5) is 19.0 Å². The van der Waals surface area contributed by atoms with E-state index in [0.29, 0.717) is 0 Å². The number of aryl methyl sites for hydroxylation is 1. The van der Waals surface area contributed by atoms with Gasteiger partial charge in [-0.15, -0.1) is 0 Å². The first-order chi connectivity index (χ1) is 7.79. The van der Waals surface area contributed by atoms with Crippen LogP contribution >= 0.6 is 0 Å². The number of anilines is 1. The molecule has 17 heavy (non-hydrogen) atoms. The number of pyridine rings is 1. The zero-order valence-electron chi connectivity index (χ0n) is 9.01. The molecule has 1 aromatic heterocycles. The van der Waals surface area contributed by atoms with Gasteiger partial charge in [-0.05, 0) is 19.1 Å². The maximum absolute atomic E-state index is 11.9. The summed E-state index contributed by atoms with van der Waals surface area (Å²) in [5.41, 5.74) is 0.292. The van der Waals surface area contributed by atoms with Crippen LogP contribution in [0, 0.1) is 6.92 Å². The Morgan fingerprint density at radius 1 is 1.47 bits per heavy atom. The Labute approximate surface area is 95.5 Å². The highest BCUT2D eigenvalue weighted by Gasteiger charge is 2.26. The summed E-state index contributed by atoms with van der Waals surface area (Å²) < 4.78 is 35.6. The predicted molar refractivity (Wildman–Crippen MR) is 55.1 cm³/mol. The monoisotopic (exact) mass is 248 g/mol. The fourth-order valence-electron chi connectivity index (χ4n) is 1.22. The standard InChI is InChI=1S/C10H11F3N2O2/c1-6-7(9(16)17)2-3-8(15-6)14-5-4-10(11,12)13/h2-3H,4-5H2,1H3,(H,14,15)(H,16,17). The van der Waals surface area contributed by atoms with Crippen molar-refractivity contribution in [1.82, 2.24) is 4.98 Å². The van der Waals surface area contributed by atoms with E-state index in [-0.39, 0.29) is 23.6 Å². The summed E-state index contributed by atoms with van der Waals surface area (Å²) in [7, 11) is 0. The first-order valence-electron chi connectivity index (χ1n) is 4.81. The van der Waals surface area contributed by atoms with Gasteiger partial charge in [-0.1, -0.05) is 0 Å². The van der Waals surface area contributed by atoms with Gasteiger partial charge in [0.05, 0.1) is 17.7 Å². The second-order valence-corrected chi connectivity index (χ2v) is 3.43. The number of hydrogen-bond acceptors (Lipinski definition) is 3. The maximum atomic E-state index is 11.9. The van der Waals surface area contributed by atoms with Crippen molar-refractivity contribution in [3.63, 3.8) is 0 Å². The number of carboxylic acid groups (broad SMARTS) is 1. The van der Waals surface area contributed by atoms with Crippen molar-refractivity contribution in [3.05, 3.63) is 23.4 Å². The van der Waals surface area contributed by atoms with Crippen molar-refractivity contribution in [3.8, 4) is 0 Å². The Bertz CT molecular complexity index is 419. The molecule has 94 valence electrons. The molecule has 0 radical (unpaired) electrons. The number of aromatic carboxylic acids is 1. The van der Waals surface area contributed by atoms with Gasteiger partial charge in [-0.2, -0.15) is 13.2 Å². The Hall–Kier alpha value is -1.79. The highest BCUT2D eigenvalue weighted by atomic mass is 19.4. The highest BCUT2D eigenvalue weighted by molar-refractivity contribution is 5.89. The molecule has 0 spiro atoms. The molecule has 7 heteroatoms. The first kappa shape index (κ1) is 13.3. The summed E-state index contributed by atoms with van der Waals surface area (Å²) in [6, 6.07) is 2.65.